The molecule has 72 valence electrons. The fraction of sp³-hybridized carbons (Fsp3) is 0.455. The van der Waals surface area contributed by atoms with Gasteiger partial charge in [0, 0.05) is 11.8 Å². The fourth-order valence-electron chi connectivity index (χ4n) is 1.59. The summed E-state index contributed by atoms with van der Waals surface area (Å²) in [6, 6.07) is 5.48. The molecule has 1 aromatic heterocycles. The molecule has 1 aromatic rings. The Labute approximate surface area is 82.4 Å². The van der Waals surface area contributed by atoms with Crippen molar-refractivity contribution >= 4 is 0 Å². The van der Waals surface area contributed by atoms with Crippen molar-refractivity contribution in [1.82, 2.24) is 4.98 Å². The molecule has 0 saturated heterocycles. The number of aromatic nitrogens is 1. The predicted octanol–water partition coefficient (Wildman–Crippen LogP) is 2.63. The molecule has 1 saturated carbocycles. The van der Waals surface area contributed by atoms with Crippen LogP contribution < -0.4 is 0 Å². The summed E-state index contributed by atoms with van der Waals surface area (Å²) in [4.78, 5) is 3.56. The van der Waals surface area contributed by atoms with E-state index in [2.05, 4.69) is 11.1 Å². The van der Waals surface area contributed by atoms with Gasteiger partial charge in [-0.25, -0.2) is 4.98 Å². The molecule has 2 rings (SSSR count). The normalized spacial score (nSPS) is 17.4. The van der Waals surface area contributed by atoms with Crippen molar-refractivity contribution in [3.8, 4) is 6.07 Å². The van der Waals surface area contributed by atoms with E-state index in [4.69, 9.17) is 5.26 Å². The van der Waals surface area contributed by atoms with E-state index in [-0.39, 0.29) is 5.92 Å². The smallest absolute Gasteiger partial charge is 0.217 e. The Morgan fingerprint density at radius 3 is 3.00 bits per heavy atom. The highest BCUT2D eigenvalue weighted by atomic mass is 19.1. The lowest BCUT2D eigenvalue weighted by Gasteiger charge is -2.08. The van der Waals surface area contributed by atoms with Crippen LogP contribution in [0, 0.1) is 23.2 Å². The number of hydrogen-bond donors (Lipinski definition) is 0. The van der Waals surface area contributed by atoms with E-state index in [0.29, 0.717) is 11.5 Å². The van der Waals surface area contributed by atoms with Gasteiger partial charge in [0.25, 0.3) is 0 Å². The molecular formula is C11H11FN2. The van der Waals surface area contributed by atoms with Gasteiger partial charge < -0.3 is 0 Å². The van der Waals surface area contributed by atoms with Crippen LogP contribution in [0.3, 0.4) is 0 Å². The minimum atomic E-state index is -0.500. The quantitative estimate of drug-likeness (QED) is 0.687. The van der Waals surface area contributed by atoms with E-state index >= 15 is 0 Å². The van der Waals surface area contributed by atoms with E-state index < -0.39 is 5.95 Å². The summed E-state index contributed by atoms with van der Waals surface area (Å²) in [5.74, 6) is -0.199. The molecule has 0 aromatic carbocycles. The Balaban J connectivity index is 2.18. The van der Waals surface area contributed by atoms with Crippen molar-refractivity contribution in [3.05, 3.63) is 29.8 Å². The second kappa shape index (κ2) is 3.75. The van der Waals surface area contributed by atoms with E-state index in [1.807, 2.05) is 0 Å². The topological polar surface area (TPSA) is 36.7 Å². The molecule has 2 nitrogen and oxygen atoms in total. The molecule has 1 aliphatic carbocycles. The largest absolute Gasteiger partial charge is 0.228 e. The van der Waals surface area contributed by atoms with Crippen molar-refractivity contribution in [2.45, 2.75) is 25.2 Å². The lowest BCUT2D eigenvalue weighted by molar-refractivity contribution is 0.545. The van der Waals surface area contributed by atoms with Crippen LogP contribution in [0.4, 0.5) is 4.39 Å². The van der Waals surface area contributed by atoms with E-state index in [1.165, 1.54) is 19.0 Å². The van der Waals surface area contributed by atoms with Crippen LogP contribution in [0.2, 0.25) is 0 Å². The first-order valence-electron chi connectivity index (χ1n) is 4.81. The van der Waals surface area contributed by atoms with Gasteiger partial charge in [-0.2, -0.15) is 9.65 Å². The first-order valence-corrected chi connectivity index (χ1v) is 4.81. The van der Waals surface area contributed by atoms with Crippen molar-refractivity contribution in [2.24, 2.45) is 5.92 Å². The minimum absolute atomic E-state index is 0.323. The molecule has 0 unspecified atom stereocenters. The van der Waals surface area contributed by atoms with Gasteiger partial charge >= 0.3 is 0 Å². The zero-order valence-corrected chi connectivity index (χ0v) is 7.78. The van der Waals surface area contributed by atoms with Crippen molar-refractivity contribution in [1.29, 1.82) is 5.26 Å². The Morgan fingerprint density at radius 1 is 1.64 bits per heavy atom. The van der Waals surface area contributed by atoms with Crippen LogP contribution in [-0.2, 0) is 0 Å². The second-order valence-electron chi connectivity index (χ2n) is 3.74. The number of rotatable bonds is 3. The second-order valence-corrected chi connectivity index (χ2v) is 3.74. The van der Waals surface area contributed by atoms with Gasteiger partial charge in [0.05, 0.1) is 12.0 Å². The van der Waals surface area contributed by atoms with Crippen molar-refractivity contribution in [3.63, 3.8) is 0 Å². The van der Waals surface area contributed by atoms with Gasteiger partial charge in [-0.3, -0.25) is 0 Å². The highest BCUT2D eigenvalue weighted by Crippen LogP contribution is 2.38. The van der Waals surface area contributed by atoms with Crippen LogP contribution in [0.1, 0.15) is 30.7 Å². The van der Waals surface area contributed by atoms with Crippen LogP contribution >= 0.6 is 0 Å². The van der Waals surface area contributed by atoms with Gasteiger partial charge in [0.2, 0.25) is 5.95 Å². The highest BCUT2D eigenvalue weighted by Gasteiger charge is 2.27. The Hall–Kier alpha value is -1.43. The SMILES string of the molecule is N#C[C@@H](CC1CC1)c1cccnc1F. The van der Waals surface area contributed by atoms with Crippen molar-refractivity contribution in [2.75, 3.05) is 0 Å². The third-order valence-corrected chi connectivity index (χ3v) is 2.59. The first kappa shape index (κ1) is 9.14. The number of nitriles is 1. The average Bonchev–Trinajstić information content (AvgIpc) is 2.99. The van der Waals surface area contributed by atoms with Gasteiger partial charge in [-0.1, -0.05) is 18.9 Å². The first-order chi connectivity index (χ1) is 6.81. The maximum absolute atomic E-state index is 13.2. The number of pyridine rings is 1. The number of hydrogen-bond acceptors (Lipinski definition) is 2. The van der Waals surface area contributed by atoms with E-state index in [9.17, 15) is 4.39 Å². The fourth-order valence-corrected chi connectivity index (χ4v) is 1.59. The zero-order chi connectivity index (χ0) is 9.97. The summed E-state index contributed by atoms with van der Waals surface area (Å²) >= 11 is 0. The van der Waals surface area contributed by atoms with Crippen LogP contribution in [-0.4, -0.2) is 4.98 Å². The molecule has 1 fully saturated rings. The molecule has 14 heavy (non-hydrogen) atoms. The van der Waals surface area contributed by atoms with Gasteiger partial charge in [-0.05, 0) is 18.4 Å². The molecular weight excluding hydrogens is 179 g/mol. The lowest BCUT2D eigenvalue weighted by Crippen LogP contribution is -2.01. The Bertz CT molecular complexity index is 366. The predicted molar refractivity (Wildman–Crippen MR) is 49.9 cm³/mol. The van der Waals surface area contributed by atoms with Crippen LogP contribution in [0.5, 0.6) is 0 Å². The average molecular weight is 190 g/mol. The standard InChI is InChI=1S/C11H11FN2/c12-11-10(2-1-5-14-11)9(7-13)6-8-3-4-8/h1-2,5,8-9H,3-4,6H2/t9-/m1/s1. The molecule has 3 heteroatoms. The minimum Gasteiger partial charge on any atom is -0.228 e. The summed E-state index contributed by atoms with van der Waals surface area (Å²) < 4.78 is 13.2. The van der Waals surface area contributed by atoms with Crippen LogP contribution in [0.25, 0.3) is 0 Å². The van der Waals surface area contributed by atoms with E-state index in [0.717, 1.165) is 6.42 Å². The Morgan fingerprint density at radius 2 is 2.43 bits per heavy atom. The highest BCUT2D eigenvalue weighted by molar-refractivity contribution is 5.23. The summed E-state index contributed by atoms with van der Waals surface area (Å²) in [6.07, 6.45) is 4.55. The summed E-state index contributed by atoms with van der Waals surface area (Å²) in [7, 11) is 0. The van der Waals surface area contributed by atoms with Gasteiger partial charge in [-0.15, -0.1) is 0 Å². The van der Waals surface area contributed by atoms with E-state index in [1.54, 1.807) is 12.1 Å². The number of nitrogens with zero attached hydrogens (tertiary/aromatic N) is 2. The van der Waals surface area contributed by atoms with Gasteiger partial charge in [0.1, 0.15) is 0 Å². The molecule has 0 radical (unpaired) electrons. The third-order valence-electron chi connectivity index (χ3n) is 2.59. The summed E-state index contributed by atoms with van der Waals surface area (Å²) in [6.45, 7) is 0. The molecule has 1 aliphatic rings. The molecule has 0 amide bonds. The molecule has 1 heterocycles. The summed E-state index contributed by atoms with van der Waals surface area (Å²) in [5.41, 5.74) is 0.446. The summed E-state index contributed by atoms with van der Waals surface area (Å²) in [5, 5.41) is 8.94. The molecule has 0 N–H and O–H groups in total. The molecule has 0 aliphatic heterocycles. The maximum Gasteiger partial charge on any atom is 0.217 e. The van der Waals surface area contributed by atoms with Gasteiger partial charge in [0.15, 0.2) is 0 Å². The molecule has 0 spiro atoms. The monoisotopic (exact) mass is 190 g/mol. The Kier molecular flexibility index (Phi) is 2.45. The molecule has 1 atom stereocenters. The van der Waals surface area contributed by atoms with Crippen LogP contribution in [0.15, 0.2) is 18.3 Å². The van der Waals surface area contributed by atoms with Crippen molar-refractivity contribution < 1.29 is 4.39 Å². The third kappa shape index (κ3) is 1.90. The zero-order valence-electron chi connectivity index (χ0n) is 7.78. The lowest BCUT2D eigenvalue weighted by atomic mass is 9.96. The molecule has 0 bridgehead atoms. The number of halogens is 1. The maximum atomic E-state index is 13.2.